The van der Waals surface area contributed by atoms with Gasteiger partial charge in [-0.3, -0.25) is 9.59 Å². The molecule has 0 aromatic heterocycles. The molecule has 0 aliphatic heterocycles. The third-order valence-electron chi connectivity index (χ3n) is 1.21. The Labute approximate surface area is 128 Å². The zero-order valence-electron chi connectivity index (χ0n) is 9.71. The molecule has 0 aliphatic carbocycles. The second kappa shape index (κ2) is 14.2. The average Bonchev–Trinajstić information content (AvgIpc) is 2.10. The molecular formula is C8H13NaO6S2. The SMILES string of the molecule is O=S(=O)=O.[CH2-]CCSC(CC(C)=O)C(=O)O.[Na+]. The first-order valence-corrected chi connectivity index (χ1v) is 6.26. The van der Waals surface area contributed by atoms with Crippen LogP contribution in [0.4, 0.5) is 0 Å². The Balaban J connectivity index is -0.000000340. The van der Waals surface area contributed by atoms with Crippen molar-refractivity contribution in [2.45, 2.75) is 25.0 Å². The largest absolute Gasteiger partial charge is 1.00 e. The average molecular weight is 292 g/mol. The number of thioether (sulfide) groups is 1. The van der Waals surface area contributed by atoms with Gasteiger partial charge in [-0.25, -0.2) is 0 Å². The van der Waals surface area contributed by atoms with Crippen molar-refractivity contribution in [2.75, 3.05) is 5.75 Å². The number of carboxylic acid groups (broad SMARTS) is 1. The number of aliphatic carboxylic acids is 1. The van der Waals surface area contributed by atoms with E-state index in [0.717, 1.165) is 0 Å². The van der Waals surface area contributed by atoms with E-state index in [1.54, 1.807) is 0 Å². The van der Waals surface area contributed by atoms with Gasteiger partial charge in [0, 0.05) is 6.42 Å². The van der Waals surface area contributed by atoms with Crippen LogP contribution in [0.5, 0.6) is 0 Å². The van der Waals surface area contributed by atoms with Crippen molar-refractivity contribution < 1.29 is 56.9 Å². The van der Waals surface area contributed by atoms with Gasteiger partial charge in [-0.2, -0.15) is 6.42 Å². The van der Waals surface area contributed by atoms with E-state index in [1.165, 1.54) is 18.7 Å². The summed E-state index contributed by atoms with van der Waals surface area (Å²) in [6.45, 7) is 5.00. The summed E-state index contributed by atoms with van der Waals surface area (Å²) >= 11 is 1.28. The van der Waals surface area contributed by atoms with Gasteiger partial charge in [-0.1, -0.05) is 0 Å². The Hall–Kier alpha value is 0.110. The molecule has 0 saturated carbocycles. The van der Waals surface area contributed by atoms with Crippen LogP contribution in [0.25, 0.3) is 0 Å². The van der Waals surface area contributed by atoms with Gasteiger partial charge in [-0.05, 0) is 12.7 Å². The summed E-state index contributed by atoms with van der Waals surface area (Å²) in [7, 11) is -3.11. The van der Waals surface area contributed by atoms with Crippen molar-refractivity contribution in [3.05, 3.63) is 6.92 Å². The van der Waals surface area contributed by atoms with Crippen LogP contribution in [0.15, 0.2) is 0 Å². The van der Waals surface area contributed by atoms with E-state index < -0.39 is 21.8 Å². The number of carboxylic acids is 1. The predicted molar refractivity (Wildman–Crippen MR) is 58.9 cm³/mol. The van der Waals surface area contributed by atoms with E-state index in [4.69, 9.17) is 17.7 Å². The van der Waals surface area contributed by atoms with Crippen LogP contribution in [0.2, 0.25) is 0 Å². The summed E-state index contributed by atoms with van der Waals surface area (Å²) in [5.41, 5.74) is 0. The van der Waals surface area contributed by atoms with Gasteiger partial charge in [-0.15, -0.1) is 24.4 Å². The fourth-order valence-corrected chi connectivity index (χ4v) is 1.65. The van der Waals surface area contributed by atoms with Crippen molar-refractivity contribution in [3.8, 4) is 0 Å². The molecule has 1 unspecified atom stereocenters. The van der Waals surface area contributed by atoms with Crippen molar-refractivity contribution in [1.29, 1.82) is 0 Å². The Kier molecular flexibility index (Phi) is 18.6. The molecule has 0 saturated heterocycles. The fourth-order valence-electron chi connectivity index (χ4n) is 0.704. The first-order chi connectivity index (χ1) is 7.31. The second-order valence-corrected chi connectivity index (χ2v) is 4.38. The maximum Gasteiger partial charge on any atom is 1.00 e. The van der Waals surface area contributed by atoms with Crippen molar-refractivity contribution in [3.63, 3.8) is 0 Å². The third-order valence-corrected chi connectivity index (χ3v) is 2.51. The molecule has 0 aromatic carbocycles. The number of Topliss-reactive ketones (excluding diaryl/α,β-unsaturated/α-hetero) is 1. The van der Waals surface area contributed by atoms with E-state index in [2.05, 4.69) is 6.92 Å². The molecule has 0 rings (SSSR count). The van der Waals surface area contributed by atoms with E-state index in [0.29, 0.717) is 12.2 Å². The van der Waals surface area contributed by atoms with Crippen molar-refractivity contribution in [1.82, 2.24) is 0 Å². The first kappa shape index (κ1) is 22.3. The maximum absolute atomic E-state index is 10.6. The van der Waals surface area contributed by atoms with E-state index in [1.807, 2.05) is 0 Å². The summed E-state index contributed by atoms with van der Waals surface area (Å²) in [5, 5.41) is 8.06. The van der Waals surface area contributed by atoms with E-state index >= 15 is 0 Å². The molecule has 1 atom stereocenters. The zero-order valence-corrected chi connectivity index (χ0v) is 13.3. The number of ketones is 1. The molecule has 0 amide bonds. The quantitative estimate of drug-likeness (QED) is 0.422. The topological polar surface area (TPSA) is 106 Å². The minimum absolute atomic E-state index is 0. The first-order valence-electron chi connectivity index (χ1n) is 4.21. The molecule has 0 aliphatic rings. The molecule has 0 spiro atoms. The van der Waals surface area contributed by atoms with Gasteiger partial charge in [0.15, 0.2) is 0 Å². The molecular weight excluding hydrogens is 279 g/mol. The maximum atomic E-state index is 10.6. The number of rotatable bonds is 6. The molecule has 0 fully saturated rings. The summed E-state index contributed by atoms with van der Waals surface area (Å²) in [6.07, 6.45) is 0.798. The molecule has 6 nitrogen and oxygen atoms in total. The monoisotopic (exact) mass is 292 g/mol. The Morgan fingerprint density at radius 2 is 1.76 bits per heavy atom. The molecule has 94 valence electrons. The van der Waals surface area contributed by atoms with Crippen molar-refractivity contribution in [2.24, 2.45) is 0 Å². The van der Waals surface area contributed by atoms with Crippen LogP contribution < -0.4 is 29.6 Å². The van der Waals surface area contributed by atoms with Crippen LogP contribution in [-0.4, -0.2) is 40.5 Å². The Morgan fingerprint density at radius 1 is 1.35 bits per heavy atom. The van der Waals surface area contributed by atoms with Crippen LogP contribution in [0, 0.1) is 6.92 Å². The molecule has 0 aromatic rings. The Bertz CT molecular complexity index is 318. The molecule has 1 N–H and O–H groups in total. The Morgan fingerprint density at radius 3 is 2.00 bits per heavy atom. The molecule has 0 radical (unpaired) electrons. The normalized spacial score (nSPS) is 10.2. The van der Waals surface area contributed by atoms with E-state index in [-0.39, 0.29) is 41.8 Å². The van der Waals surface area contributed by atoms with Gasteiger partial charge in [0.2, 0.25) is 0 Å². The van der Waals surface area contributed by atoms with Gasteiger partial charge >= 0.3 is 46.1 Å². The zero-order chi connectivity index (χ0) is 13.1. The van der Waals surface area contributed by atoms with Crippen molar-refractivity contribution >= 4 is 34.1 Å². The summed E-state index contributed by atoms with van der Waals surface area (Å²) < 4.78 is 25.3. The van der Waals surface area contributed by atoms with Gasteiger partial charge in [0.1, 0.15) is 11.0 Å². The second-order valence-electron chi connectivity index (χ2n) is 2.66. The van der Waals surface area contributed by atoms with Gasteiger partial charge in [0.25, 0.3) is 0 Å². The minimum Gasteiger partial charge on any atom is -0.480 e. The fraction of sp³-hybridized carbons (Fsp3) is 0.625. The number of carbonyl (C=O) groups excluding carboxylic acids is 1. The smallest absolute Gasteiger partial charge is 0.480 e. The summed E-state index contributed by atoms with van der Waals surface area (Å²) in [4.78, 5) is 21.2. The summed E-state index contributed by atoms with van der Waals surface area (Å²) in [5.74, 6) is -0.313. The predicted octanol–water partition coefficient (Wildman–Crippen LogP) is -2.62. The number of hydrogen-bond donors (Lipinski definition) is 1. The molecule has 0 heterocycles. The summed E-state index contributed by atoms with van der Waals surface area (Å²) in [6, 6.07) is 0. The molecule has 0 bridgehead atoms. The molecule has 17 heavy (non-hydrogen) atoms. The van der Waals surface area contributed by atoms with Crippen LogP contribution in [-0.2, 0) is 20.2 Å². The standard InChI is InChI=1S/C8H13O3S.Na.O3S/c1-3-4-12-7(8(10)11)5-6(2)9;;1-4(2)3/h7H,1,3-5H2,2H3,(H,10,11);;/q-1;+1;. The van der Waals surface area contributed by atoms with Crippen LogP contribution in [0.3, 0.4) is 0 Å². The number of carbonyl (C=O) groups is 2. The minimum atomic E-state index is -3.11. The molecule has 9 heteroatoms. The van der Waals surface area contributed by atoms with Crippen LogP contribution >= 0.6 is 11.8 Å². The third kappa shape index (κ3) is 21.9. The number of hydrogen-bond acceptors (Lipinski definition) is 6. The van der Waals surface area contributed by atoms with Gasteiger partial charge in [0.05, 0.1) is 0 Å². The van der Waals surface area contributed by atoms with Gasteiger partial charge < -0.3 is 12.0 Å². The van der Waals surface area contributed by atoms with Crippen LogP contribution in [0.1, 0.15) is 19.8 Å². The van der Waals surface area contributed by atoms with E-state index in [9.17, 15) is 9.59 Å².